The molecule has 5 nitrogen and oxygen atoms in total. The number of amides is 1. The highest BCUT2D eigenvalue weighted by atomic mass is 16.7. The molecule has 1 aromatic carbocycles. The van der Waals surface area contributed by atoms with Gasteiger partial charge >= 0.3 is 12.2 Å². The molecule has 1 atom stereocenters. The number of rotatable bonds is 3. The van der Waals surface area contributed by atoms with Crippen LogP contribution in [0.1, 0.15) is 18.4 Å². The summed E-state index contributed by atoms with van der Waals surface area (Å²) in [7, 11) is 1.14. The molecule has 0 bridgehead atoms. The Bertz CT molecular complexity index is 377. The van der Waals surface area contributed by atoms with E-state index in [1.807, 2.05) is 37.3 Å². The minimum absolute atomic E-state index is 0.140. The highest BCUT2D eigenvalue weighted by molar-refractivity contribution is 5.80. The van der Waals surface area contributed by atoms with Crippen LogP contribution in [0.3, 0.4) is 0 Å². The number of alkyl carbamates (subject to hydrolysis) is 1. The lowest BCUT2D eigenvalue weighted by molar-refractivity contribution is 0.0920. The van der Waals surface area contributed by atoms with Crippen LogP contribution in [0.15, 0.2) is 30.3 Å². The molecule has 5 heteroatoms. The molecule has 0 saturated carbocycles. The molecule has 0 aliphatic rings. The molecule has 1 rings (SSSR count). The normalized spacial score (nSPS) is 11.4. The van der Waals surface area contributed by atoms with Gasteiger partial charge in [-0.1, -0.05) is 37.3 Å². The summed E-state index contributed by atoms with van der Waals surface area (Å²) in [4.78, 5) is 21.7. The van der Waals surface area contributed by atoms with Crippen LogP contribution in [-0.4, -0.2) is 25.9 Å². The van der Waals surface area contributed by atoms with Crippen molar-refractivity contribution in [1.29, 1.82) is 0 Å². The smallest absolute Gasteiger partial charge is 0.437 e. The molecule has 1 unspecified atom stereocenters. The van der Waals surface area contributed by atoms with Crippen LogP contribution in [0, 0.1) is 0 Å². The number of carbonyl (C=O) groups excluding carboxylic acids is 2. The largest absolute Gasteiger partial charge is 0.517 e. The van der Waals surface area contributed by atoms with E-state index in [4.69, 9.17) is 0 Å². The molecule has 0 heterocycles. The van der Waals surface area contributed by atoms with E-state index in [9.17, 15) is 9.59 Å². The van der Waals surface area contributed by atoms with Crippen molar-refractivity contribution < 1.29 is 19.1 Å². The molecule has 1 N–H and O–H groups in total. The standard InChI is InChI=1S/C12H15NO4/c1-9(10-6-4-3-5-7-10)8-13-11(14)17-12(15)16-2/h3-7,9H,8H2,1-2H3,(H,13,14). The lowest BCUT2D eigenvalue weighted by Gasteiger charge is -2.12. The molecule has 1 aromatic rings. The van der Waals surface area contributed by atoms with Gasteiger partial charge in [-0.3, -0.25) is 0 Å². The van der Waals surface area contributed by atoms with Crippen molar-refractivity contribution in [1.82, 2.24) is 5.32 Å². The van der Waals surface area contributed by atoms with Crippen LogP contribution >= 0.6 is 0 Å². The summed E-state index contributed by atoms with van der Waals surface area (Å²) < 4.78 is 8.46. The quantitative estimate of drug-likeness (QED) is 0.647. The second-order valence-electron chi connectivity index (χ2n) is 3.54. The second-order valence-corrected chi connectivity index (χ2v) is 3.54. The van der Waals surface area contributed by atoms with E-state index in [1.165, 1.54) is 0 Å². The SMILES string of the molecule is COC(=O)OC(=O)NCC(C)c1ccccc1. The summed E-state index contributed by atoms with van der Waals surface area (Å²) in [5, 5.41) is 2.48. The molecular formula is C12H15NO4. The molecule has 92 valence electrons. The molecule has 0 fully saturated rings. The highest BCUT2D eigenvalue weighted by Crippen LogP contribution is 2.12. The second kappa shape index (κ2) is 6.52. The van der Waals surface area contributed by atoms with Gasteiger partial charge in [-0.15, -0.1) is 0 Å². The van der Waals surface area contributed by atoms with Gasteiger partial charge in [0.15, 0.2) is 0 Å². The lowest BCUT2D eigenvalue weighted by atomic mass is 10.0. The third kappa shape index (κ3) is 4.55. The summed E-state index contributed by atoms with van der Waals surface area (Å²) in [6, 6.07) is 9.72. The molecule has 17 heavy (non-hydrogen) atoms. The van der Waals surface area contributed by atoms with Gasteiger partial charge in [-0.2, -0.15) is 0 Å². The molecule has 0 saturated heterocycles. The van der Waals surface area contributed by atoms with E-state index in [2.05, 4.69) is 14.8 Å². The first kappa shape index (κ1) is 13.0. The van der Waals surface area contributed by atoms with Gasteiger partial charge in [-0.25, -0.2) is 9.59 Å². The fourth-order valence-corrected chi connectivity index (χ4v) is 1.29. The first-order valence-electron chi connectivity index (χ1n) is 5.22. The Morgan fingerprint density at radius 1 is 1.29 bits per heavy atom. The average Bonchev–Trinajstić information content (AvgIpc) is 2.36. The number of carbonyl (C=O) groups is 2. The zero-order chi connectivity index (χ0) is 12.7. The lowest BCUT2D eigenvalue weighted by Crippen LogP contribution is -2.30. The minimum atomic E-state index is -1.02. The van der Waals surface area contributed by atoms with Crippen molar-refractivity contribution in [2.24, 2.45) is 0 Å². The van der Waals surface area contributed by atoms with E-state index < -0.39 is 12.2 Å². The fraction of sp³-hybridized carbons (Fsp3) is 0.333. The van der Waals surface area contributed by atoms with Gasteiger partial charge in [-0.05, 0) is 11.5 Å². The fourth-order valence-electron chi connectivity index (χ4n) is 1.29. The third-order valence-electron chi connectivity index (χ3n) is 2.26. The van der Waals surface area contributed by atoms with Gasteiger partial charge < -0.3 is 14.8 Å². The third-order valence-corrected chi connectivity index (χ3v) is 2.26. The van der Waals surface area contributed by atoms with Crippen LogP contribution in [0.4, 0.5) is 9.59 Å². The van der Waals surface area contributed by atoms with Crippen LogP contribution in [-0.2, 0) is 9.47 Å². The van der Waals surface area contributed by atoms with E-state index in [0.29, 0.717) is 6.54 Å². The first-order valence-corrected chi connectivity index (χ1v) is 5.22. The van der Waals surface area contributed by atoms with Crippen molar-refractivity contribution in [3.8, 4) is 0 Å². The summed E-state index contributed by atoms with van der Waals surface area (Å²) in [5.74, 6) is 0.140. The Labute approximate surface area is 99.7 Å². The van der Waals surface area contributed by atoms with Crippen LogP contribution in [0.5, 0.6) is 0 Å². The highest BCUT2D eigenvalue weighted by Gasteiger charge is 2.11. The average molecular weight is 237 g/mol. The van der Waals surface area contributed by atoms with Gasteiger partial charge in [0.2, 0.25) is 0 Å². The predicted molar refractivity (Wildman–Crippen MR) is 61.7 cm³/mol. The van der Waals surface area contributed by atoms with Crippen molar-refractivity contribution in [2.75, 3.05) is 13.7 Å². The van der Waals surface area contributed by atoms with Crippen LogP contribution < -0.4 is 5.32 Å². The number of hydrogen-bond acceptors (Lipinski definition) is 4. The Morgan fingerprint density at radius 3 is 2.53 bits per heavy atom. The topological polar surface area (TPSA) is 64.6 Å². The molecule has 1 amide bonds. The minimum Gasteiger partial charge on any atom is -0.437 e. The van der Waals surface area contributed by atoms with Crippen molar-refractivity contribution in [2.45, 2.75) is 12.8 Å². The van der Waals surface area contributed by atoms with Crippen LogP contribution in [0.25, 0.3) is 0 Å². The molecule has 0 aliphatic heterocycles. The van der Waals surface area contributed by atoms with Crippen LogP contribution in [0.2, 0.25) is 0 Å². The number of benzene rings is 1. The summed E-state index contributed by atoms with van der Waals surface area (Å²) in [5.41, 5.74) is 1.10. The Hall–Kier alpha value is -2.04. The number of ether oxygens (including phenoxy) is 2. The van der Waals surface area contributed by atoms with Gasteiger partial charge in [0, 0.05) is 6.54 Å². The van der Waals surface area contributed by atoms with Crippen molar-refractivity contribution in [3.63, 3.8) is 0 Å². The van der Waals surface area contributed by atoms with Gasteiger partial charge in [0.25, 0.3) is 0 Å². The maximum absolute atomic E-state index is 11.1. The summed E-state index contributed by atoms with van der Waals surface area (Å²) >= 11 is 0. The predicted octanol–water partition coefficient (Wildman–Crippen LogP) is 2.28. The number of methoxy groups -OCH3 is 1. The Balaban J connectivity index is 2.36. The van der Waals surface area contributed by atoms with Crippen molar-refractivity contribution in [3.05, 3.63) is 35.9 Å². The van der Waals surface area contributed by atoms with E-state index in [0.717, 1.165) is 12.7 Å². The number of hydrogen-bond donors (Lipinski definition) is 1. The first-order chi connectivity index (χ1) is 8.13. The van der Waals surface area contributed by atoms with E-state index in [1.54, 1.807) is 0 Å². The molecular weight excluding hydrogens is 222 g/mol. The zero-order valence-corrected chi connectivity index (χ0v) is 9.80. The van der Waals surface area contributed by atoms with Gasteiger partial charge in [0.05, 0.1) is 7.11 Å². The monoisotopic (exact) mass is 237 g/mol. The number of nitrogens with one attached hydrogen (secondary N) is 1. The molecule has 0 aliphatic carbocycles. The summed E-state index contributed by atoms with van der Waals surface area (Å²) in [6.45, 7) is 2.35. The van der Waals surface area contributed by atoms with Crippen molar-refractivity contribution >= 4 is 12.2 Å². The zero-order valence-electron chi connectivity index (χ0n) is 9.80. The molecule has 0 aromatic heterocycles. The summed E-state index contributed by atoms with van der Waals surface area (Å²) in [6.07, 6.45) is -1.82. The Morgan fingerprint density at radius 2 is 1.94 bits per heavy atom. The maximum atomic E-state index is 11.1. The van der Waals surface area contributed by atoms with E-state index >= 15 is 0 Å². The Kier molecular flexibility index (Phi) is 5.00. The van der Waals surface area contributed by atoms with Gasteiger partial charge in [0.1, 0.15) is 0 Å². The van der Waals surface area contributed by atoms with E-state index in [-0.39, 0.29) is 5.92 Å². The maximum Gasteiger partial charge on any atom is 0.517 e. The molecule has 0 radical (unpaired) electrons. The molecule has 0 spiro atoms.